The molecule has 1 fully saturated rings. The van der Waals surface area contributed by atoms with Crippen LogP contribution in [0, 0.1) is 0 Å². The van der Waals surface area contributed by atoms with E-state index in [-0.39, 0.29) is 23.6 Å². The molecule has 6 nitrogen and oxygen atoms in total. The van der Waals surface area contributed by atoms with Crippen molar-refractivity contribution < 1.29 is 14.4 Å². The number of thioether (sulfide) groups is 1. The molecular formula is C24H23N3O3S. The number of carbonyl (C=O) groups excluding carboxylic acids is 3. The number of benzene rings is 2. The van der Waals surface area contributed by atoms with Crippen molar-refractivity contribution in [2.45, 2.75) is 20.4 Å². The number of hydrogen-bond acceptors (Lipinski definition) is 4. The topological polar surface area (TPSA) is 62.6 Å². The molecule has 31 heavy (non-hydrogen) atoms. The van der Waals surface area contributed by atoms with Crippen molar-refractivity contribution in [1.82, 2.24) is 9.47 Å². The van der Waals surface area contributed by atoms with Crippen LogP contribution in [0.3, 0.4) is 0 Å². The number of carbonyl (C=O) groups is 3. The molecule has 0 radical (unpaired) electrons. The zero-order valence-electron chi connectivity index (χ0n) is 17.4. The minimum Gasteiger partial charge on any atom is -0.342 e. The first-order valence-electron chi connectivity index (χ1n) is 10.2. The molecule has 4 rings (SSSR count). The molecule has 158 valence electrons. The molecule has 7 heteroatoms. The van der Waals surface area contributed by atoms with Gasteiger partial charge in [-0.15, -0.1) is 0 Å². The summed E-state index contributed by atoms with van der Waals surface area (Å²) in [4.78, 5) is 41.5. The van der Waals surface area contributed by atoms with Crippen LogP contribution < -0.4 is 4.90 Å². The van der Waals surface area contributed by atoms with E-state index in [1.54, 1.807) is 35.2 Å². The number of fused-ring (bicyclic) bond motifs is 1. The van der Waals surface area contributed by atoms with Crippen molar-refractivity contribution in [2.24, 2.45) is 0 Å². The molecule has 0 atom stereocenters. The summed E-state index contributed by atoms with van der Waals surface area (Å²) in [7, 11) is 0. The molecule has 1 aliphatic heterocycles. The summed E-state index contributed by atoms with van der Waals surface area (Å²) in [5, 5.41) is 0.615. The Morgan fingerprint density at radius 2 is 1.68 bits per heavy atom. The fourth-order valence-electron chi connectivity index (χ4n) is 3.75. The average Bonchev–Trinajstić information content (AvgIpc) is 3.26. The monoisotopic (exact) mass is 433 g/mol. The number of rotatable bonds is 6. The Kier molecular flexibility index (Phi) is 5.95. The Morgan fingerprint density at radius 1 is 1.00 bits per heavy atom. The third kappa shape index (κ3) is 4.01. The van der Waals surface area contributed by atoms with Gasteiger partial charge in [-0.1, -0.05) is 36.4 Å². The number of amides is 3. The number of para-hydroxylation sites is 2. The largest absolute Gasteiger partial charge is 0.342 e. The fraction of sp³-hybridized carbons (Fsp3) is 0.208. The molecule has 2 heterocycles. The van der Waals surface area contributed by atoms with Crippen LogP contribution >= 0.6 is 11.8 Å². The highest BCUT2D eigenvalue weighted by Crippen LogP contribution is 2.36. The summed E-state index contributed by atoms with van der Waals surface area (Å²) in [6.07, 6.45) is 3.62. The standard InChI is InChI=1S/C24H23N3O3S/c1-3-25(4-2)22(28)16-26-15-17(19-12-8-9-13-20(19)26)14-21-23(29)27(24(30)31-21)18-10-6-5-7-11-18/h5-15H,3-4,16H2,1-2H3/b21-14-. The summed E-state index contributed by atoms with van der Waals surface area (Å²) in [6, 6.07) is 16.7. The smallest absolute Gasteiger partial charge is 0.298 e. The molecule has 3 aromatic rings. The first-order valence-corrected chi connectivity index (χ1v) is 11.0. The first-order chi connectivity index (χ1) is 15.0. The average molecular weight is 434 g/mol. The second-order valence-electron chi connectivity index (χ2n) is 7.15. The van der Waals surface area contributed by atoms with Crippen LogP contribution in [0.25, 0.3) is 17.0 Å². The second kappa shape index (κ2) is 8.81. The van der Waals surface area contributed by atoms with Gasteiger partial charge in [0, 0.05) is 35.8 Å². The lowest BCUT2D eigenvalue weighted by Crippen LogP contribution is -2.33. The number of anilines is 1. The second-order valence-corrected chi connectivity index (χ2v) is 8.14. The third-order valence-corrected chi connectivity index (χ3v) is 6.21. The molecule has 0 bridgehead atoms. The van der Waals surface area contributed by atoms with Gasteiger partial charge in [-0.3, -0.25) is 14.4 Å². The van der Waals surface area contributed by atoms with Gasteiger partial charge in [-0.2, -0.15) is 0 Å². The van der Waals surface area contributed by atoms with Crippen LogP contribution in [0.15, 0.2) is 65.7 Å². The summed E-state index contributed by atoms with van der Waals surface area (Å²) in [5.74, 6) is -0.293. The van der Waals surface area contributed by atoms with E-state index in [0.29, 0.717) is 23.7 Å². The number of nitrogens with zero attached hydrogens (tertiary/aromatic N) is 3. The van der Waals surface area contributed by atoms with Gasteiger partial charge in [-0.05, 0) is 49.9 Å². The zero-order chi connectivity index (χ0) is 22.0. The number of hydrogen-bond donors (Lipinski definition) is 0. The minimum atomic E-state index is -0.336. The normalized spacial score (nSPS) is 15.3. The summed E-state index contributed by atoms with van der Waals surface area (Å²) in [6.45, 7) is 5.47. The Labute approximate surface area is 185 Å². The van der Waals surface area contributed by atoms with Crippen molar-refractivity contribution in [1.29, 1.82) is 0 Å². The molecular weight excluding hydrogens is 410 g/mol. The number of likely N-dealkylation sites (N-methyl/N-ethyl adjacent to an activating group) is 1. The van der Waals surface area contributed by atoms with Crippen LogP contribution in [-0.4, -0.2) is 39.6 Å². The lowest BCUT2D eigenvalue weighted by molar-refractivity contribution is -0.131. The molecule has 1 aliphatic rings. The highest BCUT2D eigenvalue weighted by Gasteiger charge is 2.36. The molecule has 3 amide bonds. The van der Waals surface area contributed by atoms with Crippen molar-refractivity contribution in [3.05, 3.63) is 71.3 Å². The van der Waals surface area contributed by atoms with E-state index in [4.69, 9.17) is 0 Å². The maximum atomic E-state index is 13.0. The van der Waals surface area contributed by atoms with Gasteiger partial charge in [0.25, 0.3) is 11.1 Å². The van der Waals surface area contributed by atoms with Gasteiger partial charge in [0.05, 0.1) is 10.6 Å². The van der Waals surface area contributed by atoms with E-state index in [9.17, 15) is 14.4 Å². The molecule has 2 aromatic carbocycles. The first kappa shape index (κ1) is 20.9. The van der Waals surface area contributed by atoms with Gasteiger partial charge >= 0.3 is 0 Å². The number of aromatic nitrogens is 1. The van der Waals surface area contributed by atoms with E-state index in [1.807, 2.05) is 54.9 Å². The van der Waals surface area contributed by atoms with Crippen molar-refractivity contribution in [3.63, 3.8) is 0 Å². The molecule has 0 spiro atoms. The SMILES string of the molecule is CCN(CC)C(=O)Cn1cc(/C=C2\SC(=O)N(c3ccccc3)C2=O)c2ccccc21. The van der Waals surface area contributed by atoms with E-state index in [1.165, 1.54) is 4.90 Å². The van der Waals surface area contributed by atoms with Gasteiger partial charge in [0.2, 0.25) is 5.91 Å². The van der Waals surface area contributed by atoms with Crippen LogP contribution in [0.5, 0.6) is 0 Å². The Morgan fingerprint density at radius 3 is 2.39 bits per heavy atom. The third-order valence-electron chi connectivity index (χ3n) is 5.34. The highest BCUT2D eigenvalue weighted by molar-refractivity contribution is 8.19. The van der Waals surface area contributed by atoms with Crippen LogP contribution in [0.4, 0.5) is 10.5 Å². The van der Waals surface area contributed by atoms with Gasteiger partial charge in [0.15, 0.2) is 0 Å². The van der Waals surface area contributed by atoms with Crippen LogP contribution in [0.1, 0.15) is 19.4 Å². The lowest BCUT2D eigenvalue weighted by Gasteiger charge is -2.19. The molecule has 0 saturated carbocycles. The fourth-order valence-corrected chi connectivity index (χ4v) is 4.58. The zero-order valence-corrected chi connectivity index (χ0v) is 18.3. The highest BCUT2D eigenvalue weighted by atomic mass is 32.2. The Balaban J connectivity index is 1.69. The van der Waals surface area contributed by atoms with E-state index in [0.717, 1.165) is 28.2 Å². The quantitative estimate of drug-likeness (QED) is 0.526. The van der Waals surface area contributed by atoms with Crippen LogP contribution in [-0.2, 0) is 16.1 Å². The predicted octanol–water partition coefficient (Wildman–Crippen LogP) is 4.75. The molecule has 1 saturated heterocycles. The minimum absolute atomic E-state index is 0.0432. The summed E-state index contributed by atoms with van der Waals surface area (Å²) >= 11 is 0.929. The summed E-state index contributed by atoms with van der Waals surface area (Å²) < 4.78 is 1.91. The van der Waals surface area contributed by atoms with Gasteiger partial charge < -0.3 is 9.47 Å². The molecule has 0 N–H and O–H groups in total. The van der Waals surface area contributed by atoms with E-state index >= 15 is 0 Å². The Hall–Kier alpha value is -3.32. The molecule has 1 aromatic heterocycles. The van der Waals surface area contributed by atoms with Crippen LogP contribution in [0.2, 0.25) is 0 Å². The van der Waals surface area contributed by atoms with Gasteiger partial charge in [0.1, 0.15) is 6.54 Å². The maximum absolute atomic E-state index is 13.0. The molecule has 0 aliphatic carbocycles. The van der Waals surface area contributed by atoms with Crippen molar-refractivity contribution >= 4 is 51.5 Å². The van der Waals surface area contributed by atoms with Crippen molar-refractivity contribution in [2.75, 3.05) is 18.0 Å². The molecule has 0 unspecified atom stereocenters. The lowest BCUT2D eigenvalue weighted by atomic mass is 10.1. The Bertz CT molecular complexity index is 1180. The van der Waals surface area contributed by atoms with Gasteiger partial charge in [-0.25, -0.2) is 4.90 Å². The van der Waals surface area contributed by atoms with Crippen molar-refractivity contribution in [3.8, 4) is 0 Å². The predicted molar refractivity (Wildman–Crippen MR) is 125 cm³/mol. The summed E-state index contributed by atoms with van der Waals surface area (Å²) in [5.41, 5.74) is 2.28. The number of imide groups is 1. The van der Waals surface area contributed by atoms with E-state index < -0.39 is 0 Å². The maximum Gasteiger partial charge on any atom is 0.298 e. The van der Waals surface area contributed by atoms with E-state index in [2.05, 4.69) is 0 Å².